The highest BCUT2D eigenvalue weighted by Gasteiger charge is 2.32. The molecule has 0 unspecified atom stereocenters. The Balaban J connectivity index is 1.64. The average molecular weight is 348 g/mol. The van der Waals surface area contributed by atoms with Crippen LogP contribution in [0.5, 0.6) is 5.75 Å². The Morgan fingerprint density at radius 3 is 2.42 bits per heavy atom. The molecule has 0 radical (unpaired) electrons. The van der Waals surface area contributed by atoms with E-state index in [9.17, 15) is 9.59 Å². The number of rotatable bonds is 6. The van der Waals surface area contributed by atoms with Crippen molar-refractivity contribution in [1.82, 2.24) is 10.2 Å². The van der Waals surface area contributed by atoms with Gasteiger partial charge in [0.25, 0.3) is 5.91 Å². The van der Waals surface area contributed by atoms with Gasteiger partial charge in [0.15, 0.2) is 0 Å². The summed E-state index contributed by atoms with van der Waals surface area (Å²) in [5.41, 5.74) is 3.37. The Morgan fingerprint density at radius 1 is 1.08 bits per heavy atom. The second kappa shape index (κ2) is 7.70. The van der Waals surface area contributed by atoms with Crippen molar-refractivity contribution in [2.24, 2.45) is 0 Å². The van der Waals surface area contributed by atoms with Crippen LogP contribution in [0, 0.1) is 6.92 Å². The summed E-state index contributed by atoms with van der Waals surface area (Å²) in [6, 6.07) is 15.1. The van der Waals surface area contributed by atoms with Crippen molar-refractivity contribution >= 4 is 18.0 Å². The highest BCUT2D eigenvalue weighted by Crippen LogP contribution is 2.18. The Morgan fingerprint density at radius 2 is 1.77 bits per heavy atom. The Kier molecular flexibility index (Phi) is 5.17. The van der Waals surface area contributed by atoms with Gasteiger partial charge < -0.3 is 10.1 Å². The van der Waals surface area contributed by atoms with Gasteiger partial charge in [-0.15, -0.1) is 6.58 Å². The molecule has 1 aliphatic heterocycles. The molecule has 1 heterocycles. The van der Waals surface area contributed by atoms with Gasteiger partial charge in [-0.05, 0) is 36.3 Å². The van der Waals surface area contributed by atoms with Gasteiger partial charge >= 0.3 is 6.03 Å². The lowest BCUT2D eigenvalue weighted by atomic mass is 10.1. The fourth-order valence-corrected chi connectivity index (χ4v) is 2.54. The number of aryl methyl sites for hydroxylation is 1. The normalized spacial score (nSPS) is 15.3. The summed E-state index contributed by atoms with van der Waals surface area (Å²) in [4.78, 5) is 25.0. The SMILES string of the molecule is C=CCN1C(=O)N/C(=C/c2ccc(OCc3ccc(C)cc3)cc2)C1=O. The second-order valence-electron chi connectivity index (χ2n) is 6.04. The van der Waals surface area contributed by atoms with Crippen LogP contribution >= 0.6 is 0 Å². The van der Waals surface area contributed by atoms with Gasteiger partial charge in [-0.1, -0.05) is 48.0 Å². The van der Waals surface area contributed by atoms with Crippen molar-refractivity contribution in [2.45, 2.75) is 13.5 Å². The first kappa shape index (κ1) is 17.5. The van der Waals surface area contributed by atoms with E-state index in [4.69, 9.17) is 4.74 Å². The van der Waals surface area contributed by atoms with Crippen LogP contribution < -0.4 is 10.1 Å². The number of imide groups is 1. The lowest BCUT2D eigenvalue weighted by Crippen LogP contribution is -2.30. The largest absolute Gasteiger partial charge is 0.489 e. The second-order valence-corrected chi connectivity index (χ2v) is 6.04. The average Bonchev–Trinajstić information content (AvgIpc) is 2.90. The number of benzene rings is 2. The van der Waals surface area contributed by atoms with Crippen molar-refractivity contribution in [2.75, 3.05) is 6.54 Å². The lowest BCUT2D eigenvalue weighted by molar-refractivity contribution is -0.122. The van der Waals surface area contributed by atoms with E-state index in [1.165, 1.54) is 11.6 Å². The lowest BCUT2D eigenvalue weighted by Gasteiger charge is -2.07. The number of urea groups is 1. The fourth-order valence-electron chi connectivity index (χ4n) is 2.54. The molecule has 5 nitrogen and oxygen atoms in total. The van der Waals surface area contributed by atoms with Gasteiger partial charge in [0, 0.05) is 6.54 Å². The van der Waals surface area contributed by atoms with Crippen LogP contribution in [0.3, 0.4) is 0 Å². The molecule has 1 N–H and O–H groups in total. The quantitative estimate of drug-likeness (QED) is 0.492. The molecule has 3 amide bonds. The van der Waals surface area contributed by atoms with Crippen molar-refractivity contribution < 1.29 is 14.3 Å². The van der Waals surface area contributed by atoms with Crippen molar-refractivity contribution in [3.05, 3.63) is 83.6 Å². The van der Waals surface area contributed by atoms with Gasteiger partial charge in [-0.3, -0.25) is 9.69 Å². The summed E-state index contributed by atoms with van der Waals surface area (Å²) in [6.45, 7) is 6.28. The summed E-state index contributed by atoms with van der Waals surface area (Å²) >= 11 is 0. The first-order valence-corrected chi connectivity index (χ1v) is 8.30. The van der Waals surface area contributed by atoms with E-state index < -0.39 is 6.03 Å². The third kappa shape index (κ3) is 4.00. The topological polar surface area (TPSA) is 58.6 Å². The third-order valence-electron chi connectivity index (χ3n) is 3.99. The van der Waals surface area contributed by atoms with Crippen LogP contribution in [0.2, 0.25) is 0 Å². The summed E-state index contributed by atoms with van der Waals surface area (Å²) in [5, 5.41) is 2.57. The first-order chi connectivity index (χ1) is 12.6. The van der Waals surface area contributed by atoms with Crippen LogP contribution in [-0.4, -0.2) is 23.4 Å². The maximum Gasteiger partial charge on any atom is 0.329 e. The summed E-state index contributed by atoms with van der Waals surface area (Å²) < 4.78 is 5.77. The van der Waals surface area contributed by atoms with Crippen LogP contribution in [-0.2, 0) is 11.4 Å². The number of amides is 3. The molecule has 132 valence electrons. The minimum absolute atomic E-state index is 0.188. The smallest absolute Gasteiger partial charge is 0.329 e. The van der Waals surface area contributed by atoms with Crippen LogP contribution in [0.15, 0.2) is 66.9 Å². The van der Waals surface area contributed by atoms with Crippen molar-refractivity contribution in [3.63, 3.8) is 0 Å². The molecule has 1 fully saturated rings. The van der Waals surface area contributed by atoms with E-state index in [-0.39, 0.29) is 18.1 Å². The predicted octanol–water partition coefficient (Wildman–Crippen LogP) is 3.65. The molecule has 2 aromatic rings. The van der Waals surface area contributed by atoms with Crippen LogP contribution in [0.25, 0.3) is 6.08 Å². The Labute approximate surface area is 152 Å². The minimum atomic E-state index is -0.431. The molecular weight excluding hydrogens is 328 g/mol. The van der Waals surface area contributed by atoms with E-state index in [0.717, 1.165) is 21.8 Å². The molecule has 3 rings (SSSR count). The predicted molar refractivity (Wildman–Crippen MR) is 100 cm³/mol. The summed E-state index contributed by atoms with van der Waals surface area (Å²) in [6.07, 6.45) is 3.16. The molecule has 1 saturated heterocycles. The molecular formula is C21H20N2O3. The molecule has 2 aromatic carbocycles. The van der Waals surface area contributed by atoms with Gasteiger partial charge in [-0.2, -0.15) is 0 Å². The summed E-state index contributed by atoms with van der Waals surface area (Å²) in [7, 11) is 0. The molecule has 0 saturated carbocycles. The van der Waals surface area contributed by atoms with E-state index in [0.29, 0.717) is 6.61 Å². The van der Waals surface area contributed by atoms with Crippen molar-refractivity contribution in [3.8, 4) is 5.75 Å². The number of hydrogen-bond donors (Lipinski definition) is 1. The molecule has 0 aromatic heterocycles. The number of nitrogens with zero attached hydrogens (tertiary/aromatic N) is 1. The van der Waals surface area contributed by atoms with Crippen LogP contribution in [0.4, 0.5) is 4.79 Å². The van der Waals surface area contributed by atoms with Gasteiger partial charge in [0.2, 0.25) is 0 Å². The molecule has 0 atom stereocenters. The molecule has 1 aliphatic rings. The van der Waals surface area contributed by atoms with Gasteiger partial charge in [0.05, 0.1) is 0 Å². The third-order valence-corrected chi connectivity index (χ3v) is 3.99. The van der Waals surface area contributed by atoms with Gasteiger partial charge in [-0.25, -0.2) is 4.79 Å². The first-order valence-electron chi connectivity index (χ1n) is 8.30. The zero-order valence-electron chi connectivity index (χ0n) is 14.6. The molecule has 5 heteroatoms. The Hall–Kier alpha value is -3.34. The maximum atomic E-state index is 12.2. The van der Waals surface area contributed by atoms with E-state index in [1.54, 1.807) is 6.08 Å². The fraction of sp³-hybridized carbons (Fsp3) is 0.143. The van der Waals surface area contributed by atoms with E-state index in [2.05, 4.69) is 24.0 Å². The highest BCUT2D eigenvalue weighted by molar-refractivity contribution is 6.14. The van der Waals surface area contributed by atoms with E-state index in [1.807, 2.05) is 43.3 Å². The van der Waals surface area contributed by atoms with Crippen LogP contribution in [0.1, 0.15) is 16.7 Å². The maximum absolute atomic E-state index is 12.2. The molecule has 0 bridgehead atoms. The molecule has 26 heavy (non-hydrogen) atoms. The number of carbonyl (C=O) groups excluding carboxylic acids is 2. The zero-order valence-corrected chi connectivity index (χ0v) is 14.6. The highest BCUT2D eigenvalue weighted by atomic mass is 16.5. The zero-order chi connectivity index (χ0) is 18.5. The minimum Gasteiger partial charge on any atom is -0.489 e. The van der Waals surface area contributed by atoms with Gasteiger partial charge in [0.1, 0.15) is 18.1 Å². The van der Waals surface area contributed by atoms with E-state index >= 15 is 0 Å². The number of carbonyl (C=O) groups is 2. The number of nitrogens with one attached hydrogen (secondary N) is 1. The standard InChI is InChI=1S/C21H20N2O3/c1-3-12-23-20(24)19(22-21(23)25)13-16-8-10-18(11-9-16)26-14-17-6-4-15(2)5-7-17/h3-11,13H,1,12,14H2,2H3,(H,22,25)/b19-13+. The summed E-state index contributed by atoms with van der Waals surface area (Å²) in [5.74, 6) is 0.386. The Bertz CT molecular complexity index is 852. The molecule has 0 aliphatic carbocycles. The molecule has 0 spiro atoms. The van der Waals surface area contributed by atoms with Crippen molar-refractivity contribution in [1.29, 1.82) is 0 Å². The monoisotopic (exact) mass is 348 g/mol. The number of hydrogen-bond acceptors (Lipinski definition) is 3. The number of ether oxygens (including phenoxy) is 1.